The Morgan fingerprint density at radius 3 is 2.80 bits per heavy atom. The Kier molecular flexibility index (Phi) is 6.48. The number of hydrogen-bond donors (Lipinski definition) is 1. The SMILES string of the molecule is CCCNC(COCC)c1cscc1Br. The molecule has 0 bridgehead atoms. The standard InChI is InChI=1S/C11H18BrNOS/c1-3-5-13-11(6-14-4-2)9-7-15-8-10(9)12/h7-8,11,13H,3-6H2,1-2H3. The Morgan fingerprint density at radius 1 is 1.47 bits per heavy atom. The summed E-state index contributed by atoms with van der Waals surface area (Å²) in [6.07, 6.45) is 1.14. The molecular formula is C11H18BrNOS. The van der Waals surface area contributed by atoms with Crippen LogP contribution in [0.25, 0.3) is 0 Å². The predicted octanol–water partition coefficient (Wildman–Crippen LogP) is 3.59. The van der Waals surface area contributed by atoms with Gasteiger partial charge in [-0.15, -0.1) is 0 Å². The third-order valence-corrected chi connectivity index (χ3v) is 3.90. The van der Waals surface area contributed by atoms with Crippen LogP contribution < -0.4 is 5.32 Å². The average Bonchev–Trinajstić information content (AvgIpc) is 2.65. The average molecular weight is 292 g/mol. The third-order valence-electron chi connectivity index (χ3n) is 2.15. The zero-order valence-corrected chi connectivity index (χ0v) is 11.7. The van der Waals surface area contributed by atoms with Crippen LogP contribution in [0.4, 0.5) is 0 Å². The van der Waals surface area contributed by atoms with E-state index in [9.17, 15) is 0 Å². The molecule has 0 spiro atoms. The molecule has 0 saturated heterocycles. The van der Waals surface area contributed by atoms with Crippen LogP contribution in [-0.2, 0) is 4.74 Å². The summed E-state index contributed by atoms with van der Waals surface area (Å²) in [6.45, 7) is 6.74. The monoisotopic (exact) mass is 291 g/mol. The Labute approximate surface area is 104 Å². The molecule has 2 nitrogen and oxygen atoms in total. The van der Waals surface area contributed by atoms with Crippen LogP contribution in [0.5, 0.6) is 0 Å². The molecule has 0 aliphatic rings. The minimum Gasteiger partial charge on any atom is -0.380 e. The molecule has 1 unspecified atom stereocenters. The summed E-state index contributed by atoms with van der Waals surface area (Å²) < 4.78 is 6.67. The van der Waals surface area contributed by atoms with Crippen molar-refractivity contribution in [3.63, 3.8) is 0 Å². The molecule has 4 heteroatoms. The van der Waals surface area contributed by atoms with Crippen LogP contribution in [0.1, 0.15) is 31.9 Å². The van der Waals surface area contributed by atoms with Gasteiger partial charge >= 0.3 is 0 Å². The molecule has 0 radical (unpaired) electrons. The van der Waals surface area contributed by atoms with Gasteiger partial charge in [0.25, 0.3) is 0 Å². The quantitative estimate of drug-likeness (QED) is 0.829. The summed E-state index contributed by atoms with van der Waals surface area (Å²) >= 11 is 5.28. The van der Waals surface area contributed by atoms with Gasteiger partial charge in [0, 0.05) is 16.5 Å². The van der Waals surface area contributed by atoms with Crippen molar-refractivity contribution in [3.05, 3.63) is 20.8 Å². The van der Waals surface area contributed by atoms with Crippen molar-refractivity contribution in [1.29, 1.82) is 0 Å². The zero-order chi connectivity index (χ0) is 11.1. The van der Waals surface area contributed by atoms with E-state index in [1.807, 2.05) is 6.92 Å². The summed E-state index contributed by atoms with van der Waals surface area (Å²) in [4.78, 5) is 0. The lowest BCUT2D eigenvalue weighted by atomic mass is 10.1. The molecule has 86 valence electrons. The molecule has 0 aliphatic carbocycles. The number of nitrogens with one attached hydrogen (secondary N) is 1. The fourth-order valence-electron chi connectivity index (χ4n) is 1.35. The number of hydrogen-bond acceptors (Lipinski definition) is 3. The lowest BCUT2D eigenvalue weighted by Gasteiger charge is -2.18. The van der Waals surface area contributed by atoms with E-state index in [-0.39, 0.29) is 0 Å². The molecule has 1 N–H and O–H groups in total. The van der Waals surface area contributed by atoms with Gasteiger partial charge in [-0.1, -0.05) is 6.92 Å². The molecule has 0 fully saturated rings. The lowest BCUT2D eigenvalue weighted by molar-refractivity contribution is 0.123. The number of thiophene rings is 1. The van der Waals surface area contributed by atoms with Crippen LogP contribution in [-0.4, -0.2) is 19.8 Å². The number of halogens is 1. The molecule has 0 aromatic carbocycles. The highest BCUT2D eigenvalue weighted by Gasteiger charge is 2.14. The highest BCUT2D eigenvalue weighted by atomic mass is 79.9. The molecule has 0 amide bonds. The highest BCUT2D eigenvalue weighted by molar-refractivity contribution is 9.10. The Hall–Kier alpha value is 0.100. The molecule has 1 atom stereocenters. The van der Waals surface area contributed by atoms with Gasteiger partial charge in [-0.3, -0.25) is 0 Å². The summed E-state index contributed by atoms with van der Waals surface area (Å²) in [5.41, 5.74) is 1.31. The van der Waals surface area contributed by atoms with Gasteiger partial charge in [-0.05, 0) is 46.8 Å². The van der Waals surface area contributed by atoms with E-state index in [4.69, 9.17) is 4.74 Å². The van der Waals surface area contributed by atoms with Gasteiger partial charge in [0.05, 0.1) is 12.6 Å². The van der Waals surface area contributed by atoms with E-state index >= 15 is 0 Å². The predicted molar refractivity (Wildman–Crippen MR) is 69.5 cm³/mol. The lowest BCUT2D eigenvalue weighted by Crippen LogP contribution is -2.26. The molecule has 1 heterocycles. The van der Waals surface area contributed by atoms with E-state index in [1.165, 1.54) is 10.0 Å². The van der Waals surface area contributed by atoms with E-state index in [0.717, 1.165) is 26.2 Å². The first-order chi connectivity index (χ1) is 7.29. The molecule has 1 aromatic rings. The van der Waals surface area contributed by atoms with Crippen LogP contribution in [0.15, 0.2) is 15.2 Å². The topological polar surface area (TPSA) is 21.3 Å². The van der Waals surface area contributed by atoms with E-state index < -0.39 is 0 Å². The third kappa shape index (κ3) is 4.23. The van der Waals surface area contributed by atoms with Crippen molar-refractivity contribution in [3.8, 4) is 0 Å². The van der Waals surface area contributed by atoms with Gasteiger partial charge in [0.15, 0.2) is 0 Å². The van der Waals surface area contributed by atoms with Crippen LogP contribution >= 0.6 is 27.3 Å². The zero-order valence-electron chi connectivity index (χ0n) is 9.25. The molecule has 15 heavy (non-hydrogen) atoms. The largest absolute Gasteiger partial charge is 0.380 e. The summed E-state index contributed by atoms with van der Waals surface area (Å²) in [5.74, 6) is 0. The van der Waals surface area contributed by atoms with E-state index in [2.05, 4.69) is 38.9 Å². The molecular weight excluding hydrogens is 274 g/mol. The Bertz CT molecular complexity index is 269. The highest BCUT2D eigenvalue weighted by Crippen LogP contribution is 2.27. The summed E-state index contributed by atoms with van der Waals surface area (Å²) in [5, 5.41) is 7.79. The van der Waals surface area contributed by atoms with Gasteiger partial charge in [-0.2, -0.15) is 11.3 Å². The molecule has 0 saturated carbocycles. The minimum absolute atomic E-state index is 0.311. The number of ether oxygens (including phenoxy) is 1. The normalized spacial score (nSPS) is 13.0. The second kappa shape index (κ2) is 7.39. The maximum Gasteiger partial charge on any atom is 0.0662 e. The van der Waals surface area contributed by atoms with Crippen LogP contribution in [0, 0.1) is 0 Å². The number of rotatable bonds is 7. The first-order valence-corrected chi connectivity index (χ1v) is 7.05. The van der Waals surface area contributed by atoms with Gasteiger partial charge in [-0.25, -0.2) is 0 Å². The van der Waals surface area contributed by atoms with Gasteiger partial charge < -0.3 is 10.1 Å². The van der Waals surface area contributed by atoms with Gasteiger partial charge in [0.2, 0.25) is 0 Å². The minimum atomic E-state index is 0.311. The van der Waals surface area contributed by atoms with Crippen molar-refractivity contribution >= 4 is 27.3 Å². The van der Waals surface area contributed by atoms with Crippen LogP contribution in [0.3, 0.4) is 0 Å². The van der Waals surface area contributed by atoms with Crippen LogP contribution in [0.2, 0.25) is 0 Å². The second-order valence-corrected chi connectivity index (χ2v) is 4.94. The fraction of sp³-hybridized carbons (Fsp3) is 0.636. The van der Waals surface area contributed by atoms with Crippen molar-refractivity contribution in [2.75, 3.05) is 19.8 Å². The van der Waals surface area contributed by atoms with E-state index in [1.54, 1.807) is 11.3 Å². The smallest absolute Gasteiger partial charge is 0.0662 e. The molecule has 1 rings (SSSR count). The second-order valence-electron chi connectivity index (χ2n) is 3.34. The van der Waals surface area contributed by atoms with E-state index in [0.29, 0.717) is 6.04 Å². The Balaban J connectivity index is 2.58. The van der Waals surface area contributed by atoms with Crippen molar-refractivity contribution in [2.24, 2.45) is 0 Å². The first kappa shape index (κ1) is 13.2. The fourth-order valence-corrected chi connectivity index (χ4v) is 2.98. The summed E-state index contributed by atoms with van der Waals surface area (Å²) in [6, 6.07) is 0.311. The maximum absolute atomic E-state index is 5.49. The molecule has 1 aromatic heterocycles. The van der Waals surface area contributed by atoms with Crippen molar-refractivity contribution in [2.45, 2.75) is 26.3 Å². The summed E-state index contributed by atoms with van der Waals surface area (Å²) in [7, 11) is 0. The van der Waals surface area contributed by atoms with Crippen molar-refractivity contribution < 1.29 is 4.74 Å². The first-order valence-electron chi connectivity index (χ1n) is 5.32. The molecule has 0 aliphatic heterocycles. The van der Waals surface area contributed by atoms with Crippen molar-refractivity contribution in [1.82, 2.24) is 5.32 Å². The van der Waals surface area contributed by atoms with Gasteiger partial charge in [0.1, 0.15) is 0 Å². The Morgan fingerprint density at radius 2 is 2.27 bits per heavy atom. The maximum atomic E-state index is 5.49.